The van der Waals surface area contributed by atoms with Gasteiger partial charge in [0, 0.05) is 98.3 Å². The van der Waals surface area contributed by atoms with Gasteiger partial charge in [0.1, 0.15) is 23.0 Å². The predicted molar refractivity (Wildman–Crippen MR) is 473 cm³/mol. The van der Waals surface area contributed by atoms with Gasteiger partial charge in [0.25, 0.3) is 0 Å². The third kappa shape index (κ3) is 35.3. The molecule has 24 heteroatoms. The molecule has 21 nitrogen and oxygen atoms in total. The first-order chi connectivity index (χ1) is 58.9. The second-order valence-electron chi connectivity index (χ2n) is 31.9. The molecule has 4 aliphatic heterocycles. The molecule has 4 heterocycles. The number of allylic oxidation sites excluding steroid dienone is 2. The maximum atomic E-state index is 10.6. The zero-order valence-electron chi connectivity index (χ0n) is 71.8. The predicted octanol–water partition coefficient (Wildman–Crippen LogP) is 24.7. The van der Waals surface area contributed by atoms with Gasteiger partial charge in [0.15, 0.2) is 30.4 Å². The minimum atomic E-state index is -0.731. The van der Waals surface area contributed by atoms with E-state index in [1.165, 1.54) is 0 Å². The van der Waals surface area contributed by atoms with Gasteiger partial charge in [-0.25, -0.2) is 0 Å². The second-order valence-corrected chi connectivity index (χ2v) is 33.1. The summed E-state index contributed by atoms with van der Waals surface area (Å²) >= 11 is 18.3. The Hall–Kier alpha value is -8.42. The molecule has 0 saturated carbocycles. The molecule has 122 heavy (non-hydrogen) atoms. The molecule has 5 N–H and O–H groups in total. The van der Waals surface area contributed by atoms with Crippen LogP contribution in [0.3, 0.4) is 0 Å². The molecule has 0 unspecified atom stereocenters. The standard InChI is InChI=1S/C25H31ClO5.C24H29ClO5.C21H32O5.C21H30O5.C7H5ClO/c1-29-22-15-10-8-13-20(22)24-18(11-5-3-2-4-6-16-23(27)28)17-30-25(31-24)19-12-7-9-14-21(19)26;25-20-13-8-6-11-18(20)24-29-16-17(10-4-2-1-3-5-15-22(27)28)23(30-24)19-12-7-9-14-21(19)26;2*1-21(2)25-15-16(11-7-5-4-6-8-14-19(22)23)20(26-21)17-12-9-10-13-18(17)24-3;8-7-4-2-1-3-6(7)5-9/h7-10,12-15,18,24-25H,2-6,11,16-17H2,1H3,(H,27,28);6-9,11-14,17,23-24,26H,1-5,10,15-16H2,(H,27,28);9-10,12-13,16,20H,4-8,11,14-15H2,1-3H3,(H,22,23);5,7,9-10,12-13,16,20H,4,6,8,11,14-15H2,1-3H3,(H,22,23);1-5H/b;;;7-5-;/t18-,24+,25+;17-,23+,24+;2*16-,20+;/m1111./s1. The first-order valence-corrected chi connectivity index (χ1v) is 44.0. The van der Waals surface area contributed by atoms with Crippen LogP contribution in [0, 0.1) is 23.7 Å². The number of hydrogen-bond donors (Lipinski definition) is 5. The average Bonchev–Trinajstić information content (AvgIpc) is 0.817. The van der Waals surface area contributed by atoms with E-state index in [1.807, 2.05) is 149 Å². The molecule has 11 rings (SSSR count). The number of rotatable bonds is 41. The Labute approximate surface area is 735 Å². The molecule has 0 aliphatic carbocycles. The van der Waals surface area contributed by atoms with Crippen LogP contribution in [0.5, 0.6) is 23.0 Å². The van der Waals surface area contributed by atoms with Crippen LogP contribution in [0.1, 0.15) is 275 Å². The first kappa shape index (κ1) is 101. The van der Waals surface area contributed by atoms with E-state index in [2.05, 4.69) is 24.3 Å². The highest BCUT2D eigenvalue weighted by molar-refractivity contribution is 6.33. The summed E-state index contributed by atoms with van der Waals surface area (Å²) in [5.41, 5.74) is 6.08. The van der Waals surface area contributed by atoms with Crippen LogP contribution in [-0.2, 0) is 57.1 Å². The number of ether oxygens (including phenoxy) is 11. The van der Waals surface area contributed by atoms with Crippen molar-refractivity contribution < 1.29 is 102 Å². The van der Waals surface area contributed by atoms with Crippen molar-refractivity contribution in [3.05, 3.63) is 236 Å². The lowest BCUT2D eigenvalue weighted by Gasteiger charge is -2.41. The van der Waals surface area contributed by atoms with E-state index >= 15 is 0 Å². The lowest BCUT2D eigenvalue weighted by molar-refractivity contribution is -0.297. The number of carboxylic acids is 4. The van der Waals surface area contributed by atoms with Gasteiger partial charge in [-0.2, -0.15) is 0 Å². The van der Waals surface area contributed by atoms with Gasteiger partial charge in [0.05, 0.1) is 77.2 Å². The minimum Gasteiger partial charge on any atom is -0.508 e. The normalized spacial score (nSPS) is 20.8. The van der Waals surface area contributed by atoms with Gasteiger partial charge in [-0.1, -0.05) is 251 Å². The van der Waals surface area contributed by atoms with Gasteiger partial charge in [0.2, 0.25) is 0 Å². The number of benzene rings is 7. The SMILES string of the molecule is COc1ccccc1[C@H]1OC(C)(C)OC[C@H]1C/C=C\CCCCC(=O)O.COc1ccccc1[C@H]1OC(C)(C)OC[C@H]1CCCCCCCC(=O)O.COc1ccccc1[C@H]1O[C@@H](c2ccccc2Cl)OC[C@H]1CCCCCCCC(=O)O.O=C(O)CCCCCCC[C@@H]1CO[C@H](c2ccccc2Cl)O[C@@H]1c1ccccc1O.O=Cc1ccccc1Cl. The van der Waals surface area contributed by atoms with Gasteiger partial charge < -0.3 is 77.6 Å². The monoisotopic (exact) mass is 1740 g/mol. The van der Waals surface area contributed by atoms with E-state index in [4.69, 9.17) is 107 Å². The van der Waals surface area contributed by atoms with E-state index in [0.29, 0.717) is 59.4 Å². The highest BCUT2D eigenvalue weighted by atomic mass is 35.5. The molecule has 7 aromatic carbocycles. The third-order valence-corrected chi connectivity index (χ3v) is 22.8. The summed E-state index contributed by atoms with van der Waals surface area (Å²) in [7, 11) is 5.04. The fraction of sp³-hybridized carbons (Fsp3) is 0.500. The van der Waals surface area contributed by atoms with E-state index in [1.54, 1.807) is 57.7 Å². The van der Waals surface area contributed by atoms with Crippen molar-refractivity contribution in [2.24, 2.45) is 23.7 Å². The summed E-state index contributed by atoms with van der Waals surface area (Å²) in [6.07, 6.45) is 25.2. The van der Waals surface area contributed by atoms with Crippen LogP contribution in [0.2, 0.25) is 15.1 Å². The van der Waals surface area contributed by atoms with E-state index in [0.717, 1.165) is 192 Å². The summed E-state index contributed by atoms with van der Waals surface area (Å²) < 4.78 is 65.8. The highest BCUT2D eigenvalue weighted by Crippen LogP contribution is 2.48. The summed E-state index contributed by atoms with van der Waals surface area (Å²) in [4.78, 5) is 52.4. The van der Waals surface area contributed by atoms with Crippen LogP contribution in [-0.4, -0.2) is 115 Å². The summed E-state index contributed by atoms with van der Waals surface area (Å²) in [6.45, 7) is 10.2. The number of unbranched alkanes of at least 4 members (excludes halogenated alkanes) is 14. The Balaban J connectivity index is 0.000000216. The maximum Gasteiger partial charge on any atom is 0.303 e. The summed E-state index contributed by atoms with van der Waals surface area (Å²) in [6, 6.07) is 53.3. The van der Waals surface area contributed by atoms with Gasteiger partial charge in [-0.05, 0) is 134 Å². The Morgan fingerprint density at radius 1 is 0.377 bits per heavy atom. The maximum absolute atomic E-state index is 10.6. The lowest BCUT2D eigenvalue weighted by atomic mass is 9.89. The van der Waals surface area contributed by atoms with E-state index < -0.39 is 48.0 Å². The van der Waals surface area contributed by atoms with Crippen molar-refractivity contribution in [1.82, 2.24) is 0 Å². The molecule has 0 aromatic heterocycles. The van der Waals surface area contributed by atoms with Gasteiger partial charge in [-0.15, -0.1) is 0 Å². The molecule has 0 spiro atoms. The lowest BCUT2D eigenvalue weighted by Crippen LogP contribution is -2.41. The van der Waals surface area contributed by atoms with E-state index in [9.17, 15) is 29.1 Å². The molecule has 10 atom stereocenters. The van der Waals surface area contributed by atoms with Crippen molar-refractivity contribution in [3.63, 3.8) is 0 Å². The van der Waals surface area contributed by atoms with Crippen LogP contribution in [0.4, 0.5) is 0 Å². The van der Waals surface area contributed by atoms with Gasteiger partial charge >= 0.3 is 23.9 Å². The summed E-state index contributed by atoms with van der Waals surface area (Å²) in [5.74, 6) is -0.566. The number of hydrogen-bond acceptors (Lipinski definition) is 17. The number of phenols is 1. The Bertz CT molecular complexity index is 4270. The Morgan fingerprint density at radius 3 is 1.08 bits per heavy atom. The number of phenolic OH excluding ortho intramolecular Hbond substituents is 1. The Kier molecular flexibility index (Phi) is 45.4. The Morgan fingerprint density at radius 2 is 0.697 bits per heavy atom. The van der Waals surface area contributed by atoms with Crippen LogP contribution in [0.15, 0.2) is 182 Å². The minimum absolute atomic E-state index is 0.0399. The van der Waals surface area contributed by atoms with Crippen LogP contribution in [0.25, 0.3) is 0 Å². The number of carbonyl (C=O) groups excluding carboxylic acids is 1. The quantitative estimate of drug-likeness (QED) is 0.0135. The van der Waals surface area contributed by atoms with Crippen molar-refractivity contribution in [1.29, 1.82) is 0 Å². The highest BCUT2D eigenvalue weighted by Gasteiger charge is 2.41. The largest absolute Gasteiger partial charge is 0.508 e. The molecule has 4 saturated heterocycles. The topological polar surface area (TPSA) is 288 Å². The molecule has 666 valence electrons. The number of para-hydroxylation sites is 4. The zero-order valence-corrected chi connectivity index (χ0v) is 74.1. The van der Waals surface area contributed by atoms with Crippen molar-refractivity contribution in [2.45, 2.75) is 243 Å². The number of carbonyl (C=O) groups is 5. The number of methoxy groups -OCH3 is 3. The molecule has 0 amide bonds. The van der Waals surface area contributed by atoms with Crippen molar-refractivity contribution in [3.8, 4) is 23.0 Å². The smallest absolute Gasteiger partial charge is 0.303 e. The molecule has 4 fully saturated rings. The molecular formula is C98H127Cl3O21. The molecule has 0 bridgehead atoms. The van der Waals surface area contributed by atoms with Crippen molar-refractivity contribution in [2.75, 3.05) is 47.8 Å². The summed E-state index contributed by atoms with van der Waals surface area (Å²) in [5, 5.41) is 46.9. The fourth-order valence-corrected chi connectivity index (χ4v) is 15.9. The number of halogens is 3. The molecule has 4 aliphatic rings. The first-order valence-electron chi connectivity index (χ1n) is 42.9. The van der Waals surface area contributed by atoms with Gasteiger partial charge in [-0.3, -0.25) is 24.0 Å². The number of aliphatic carboxylic acids is 4. The molecule has 0 radical (unpaired) electrons. The number of carboxylic acid groups (broad SMARTS) is 4. The number of aldehydes is 1. The molecular weight excluding hydrogens is 1620 g/mol. The number of aromatic hydroxyl groups is 1. The van der Waals surface area contributed by atoms with Crippen molar-refractivity contribution >= 4 is 65.0 Å². The van der Waals surface area contributed by atoms with Crippen LogP contribution < -0.4 is 14.2 Å². The van der Waals surface area contributed by atoms with Crippen LogP contribution >= 0.6 is 34.8 Å². The zero-order chi connectivity index (χ0) is 88.1. The second kappa shape index (κ2) is 55.0. The molecule has 7 aromatic rings. The third-order valence-electron chi connectivity index (χ3n) is 21.7. The van der Waals surface area contributed by atoms with E-state index in [-0.39, 0.29) is 73.6 Å². The fourth-order valence-electron chi connectivity index (χ4n) is 15.2. The average molecular weight is 1750 g/mol.